The van der Waals surface area contributed by atoms with Gasteiger partial charge in [0.2, 0.25) is 17.7 Å². The number of carbonyl (C=O) groups is 5. The van der Waals surface area contributed by atoms with E-state index in [1.807, 2.05) is 30.3 Å². The molecule has 1 saturated heterocycles. The summed E-state index contributed by atoms with van der Waals surface area (Å²) in [6.07, 6.45) is 1.70. The van der Waals surface area contributed by atoms with E-state index in [-0.39, 0.29) is 12.3 Å². The van der Waals surface area contributed by atoms with Gasteiger partial charge in [-0.15, -0.1) is 0 Å². The SMILES string of the molecule is NCCCCC(NC(=O)C1CCCN1C(=O)C(N)Cc1ccccc1)C(=O)NC(CC(=O)O)C(=O)O. The van der Waals surface area contributed by atoms with Crippen LogP contribution in [0, 0.1) is 0 Å². The maximum absolute atomic E-state index is 13.1. The smallest absolute Gasteiger partial charge is 0.326 e. The monoisotopic (exact) mass is 505 g/mol. The number of nitrogens with one attached hydrogen (secondary N) is 2. The van der Waals surface area contributed by atoms with Crippen LogP contribution in [0.1, 0.15) is 44.1 Å². The number of carboxylic acid groups (broad SMARTS) is 2. The molecule has 0 bridgehead atoms. The first-order valence-electron chi connectivity index (χ1n) is 12.0. The van der Waals surface area contributed by atoms with Crippen LogP contribution in [0.15, 0.2) is 30.3 Å². The molecule has 2 rings (SSSR count). The van der Waals surface area contributed by atoms with Crippen molar-refractivity contribution in [2.75, 3.05) is 13.1 Å². The predicted octanol–water partition coefficient (Wildman–Crippen LogP) is -0.795. The molecule has 4 unspecified atom stereocenters. The van der Waals surface area contributed by atoms with Crippen molar-refractivity contribution in [1.29, 1.82) is 0 Å². The van der Waals surface area contributed by atoms with Gasteiger partial charge in [0.05, 0.1) is 12.5 Å². The number of carboxylic acids is 2. The zero-order valence-electron chi connectivity index (χ0n) is 20.1. The van der Waals surface area contributed by atoms with Crippen LogP contribution in [-0.4, -0.2) is 82.0 Å². The second-order valence-corrected chi connectivity index (χ2v) is 8.83. The Balaban J connectivity index is 2.08. The number of nitrogens with two attached hydrogens (primary N) is 2. The van der Waals surface area contributed by atoms with Gasteiger partial charge in [-0.25, -0.2) is 4.79 Å². The predicted molar refractivity (Wildman–Crippen MR) is 130 cm³/mol. The number of carbonyl (C=O) groups excluding carboxylic acids is 3. The highest BCUT2D eigenvalue weighted by molar-refractivity contribution is 5.95. The third kappa shape index (κ3) is 8.61. The van der Waals surface area contributed by atoms with Crippen molar-refractivity contribution in [2.45, 2.75) is 69.1 Å². The van der Waals surface area contributed by atoms with Crippen LogP contribution < -0.4 is 22.1 Å². The number of likely N-dealkylation sites (tertiary alicyclic amines) is 1. The molecule has 0 saturated carbocycles. The summed E-state index contributed by atoms with van der Waals surface area (Å²) < 4.78 is 0. The van der Waals surface area contributed by atoms with E-state index in [2.05, 4.69) is 10.6 Å². The summed E-state index contributed by atoms with van der Waals surface area (Å²) in [5, 5.41) is 23.0. The quantitative estimate of drug-likeness (QED) is 0.175. The van der Waals surface area contributed by atoms with Crippen molar-refractivity contribution in [3.8, 4) is 0 Å². The number of hydrogen-bond donors (Lipinski definition) is 6. The van der Waals surface area contributed by atoms with Gasteiger partial charge < -0.3 is 37.2 Å². The van der Waals surface area contributed by atoms with Gasteiger partial charge in [-0.2, -0.15) is 0 Å². The molecule has 12 nitrogen and oxygen atoms in total. The Hall–Kier alpha value is -3.51. The molecule has 1 aromatic rings. The maximum Gasteiger partial charge on any atom is 0.326 e. The number of hydrogen-bond acceptors (Lipinski definition) is 7. The van der Waals surface area contributed by atoms with Gasteiger partial charge >= 0.3 is 11.9 Å². The minimum absolute atomic E-state index is 0.169. The summed E-state index contributed by atoms with van der Waals surface area (Å²) in [6.45, 7) is 0.715. The van der Waals surface area contributed by atoms with Crippen molar-refractivity contribution in [3.63, 3.8) is 0 Å². The van der Waals surface area contributed by atoms with Gasteiger partial charge in [-0.1, -0.05) is 30.3 Å². The molecule has 8 N–H and O–H groups in total. The van der Waals surface area contributed by atoms with E-state index >= 15 is 0 Å². The molecule has 198 valence electrons. The molecule has 1 heterocycles. The maximum atomic E-state index is 13.1. The molecule has 1 aliphatic rings. The summed E-state index contributed by atoms with van der Waals surface area (Å²) in [5.74, 6) is -4.62. The lowest BCUT2D eigenvalue weighted by Gasteiger charge is -2.28. The zero-order chi connectivity index (χ0) is 26.7. The average Bonchev–Trinajstić information content (AvgIpc) is 3.33. The molecular weight excluding hydrogens is 470 g/mol. The Morgan fingerprint density at radius 3 is 2.33 bits per heavy atom. The lowest BCUT2D eigenvalue weighted by Crippen LogP contribution is -2.57. The molecule has 1 aliphatic heterocycles. The molecule has 0 radical (unpaired) electrons. The molecule has 1 fully saturated rings. The van der Waals surface area contributed by atoms with Gasteiger partial charge in [-0.3, -0.25) is 19.2 Å². The van der Waals surface area contributed by atoms with Gasteiger partial charge in [-0.05, 0) is 50.6 Å². The third-order valence-corrected chi connectivity index (χ3v) is 6.03. The highest BCUT2D eigenvalue weighted by Gasteiger charge is 2.38. The molecule has 4 atom stereocenters. The second kappa shape index (κ2) is 14.1. The van der Waals surface area contributed by atoms with Crippen LogP contribution in [0.5, 0.6) is 0 Å². The number of rotatable bonds is 14. The molecule has 3 amide bonds. The molecule has 0 aromatic heterocycles. The highest BCUT2D eigenvalue weighted by atomic mass is 16.4. The lowest BCUT2D eigenvalue weighted by molar-refractivity contribution is -0.147. The largest absolute Gasteiger partial charge is 0.481 e. The Bertz CT molecular complexity index is 927. The third-order valence-electron chi connectivity index (χ3n) is 6.03. The number of aliphatic carboxylic acids is 2. The summed E-state index contributed by atoms with van der Waals surface area (Å²) >= 11 is 0. The number of benzene rings is 1. The van der Waals surface area contributed by atoms with Gasteiger partial charge in [0.25, 0.3) is 0 Å². The minimum Gasteiger partial charge on any atom is -0.481 e. The first-order chi connectivity index (χ1) is 17.1. The van der Waals surface area contributed by atoms with Gasteiger partial charge in [0.15, 0.2) is 0 Å². The van der Waals surface area contributed by atoms with Crippen molar-refractivity contribution >= 4 is 29.7 Å². The molecule has 1 aromatic carbocycles. The summed E-state index contributed by atoms with van der Waals surface area (Å²) in [6, 6.07) is 4.86. The fraction of sp³-hybridized carbons (Fsp3) is 0.542. The van der Waals surface area contributed by atoms with Crippen LogP contribution in [0.4, 0.5) is 0 Å². The van der Waals surface area contributed by atoms with Crippen LogP contribution in [0.2, 0.25) is 0 Å². The van der Waals surface area contributed by atoms with Crippen molar-refractivity contribution < 1.29 is 34.2 Å². The van der Waals surface area contributed by atoms with E-state index < -0.39 is 54.3 Å². The normalized spacial score (nSPS) is 17.6. The molecule has 0 spiro atoms. The van der Waals surface area contributed by atoms with E-state index in [0.717, 1.165) is 5.56 Å². The van der Waals surface area contributed by atoms with E-state index in [0.29, 0.717) is 45.2 Å². The van der Waals surface area contributed by atoms with E-state index in [9.17, 15) is 29.1 Å². The van der Waals surface area contributed by atoms with Gasteiger partial charge in [0.1, 0.15) is 18.1 Å². The Labute approximate surface area is 209 Å². The lowest BCUT2D eigenvalue weighted by atomic mass is 10.0. The Morgan fingerprint density at radius 2 is 1.72 bits per heavy atom. The van der Waals surface area contributed by atoms with Crippen LogP contribution in [-0.2, 0) is 30.4 Å². The van der Waals surface area contributed by atoms with Crippen LogP contribution >= 0.6 is 0 Å². The summed E-state index contributed by atoms with van der Waals surface area (Å²) in [7, 11) is 0. The van der Waals surface area contributed by atoms with E-state index in [1.54, 1.807) is 0 Å². The van der Waals surface area contributed by atoms with Crippen molar-refractivity contribution in [2.24, 2.45) is 11.5 Å². The van der Waals surface area contributed by atoms with Crippen molar-refractivity contribution in [1.82, 2.24) is 15.5 Å². The van der Waals surface area contributed by atoms with Crippen molar-refractivity contribution in [3.05, 3.63) is 35.9 Å². The number of amides is 3. The highest BCUT2D eigenvalue weighted by Crippen LogP contribution is 2.20. The summed E-state index contributed by atoms with van der Waals surface area (Å²) in [4.78, 5) is 62.7. The second-order valence-electron chi connectivity index (χ2n) is 8.83. The molecule has 12 heteroatoms. The first-order valence-corrected chi connectivity index (χ1v) is 12.0. The minimum atomic E-state index is -1.65. The standard InChI is InChI=1S/C24H35N5O7/c25-11-5-4-9-17(21(32)28-18(24(35)36)14-20(30)31)27-22(33)19-10-6-12-29(19)23(34)16(26)13-15-7-2-1-3-8-15/h1-3,7-8,16-19H,4-6,9-14,25-26H2,(H,27,33)(H,28,32)(H,30,31)(H,35,36). The van der Waals surface area contributed by atoms with E-state index in [1.165, 1.54) is 4.90 Å². The number of unbranched alkanes of at least 4 members (excludes halogenated alkanes) is 1. The summed E-state index contributed by atoms with van der Waals surface area (Å²) in [5.41, 5.74) is 12.6. The molecule has 36 heavy (non-hydrogen) atoms. The molecular formula is C24H35N5O7. The Morgan fingerprint density at radius 1 is 1.03 bits per heavy atom. The fourth-order valence-electron chi connectivity index (χ4n) is 4.15. The van der Waals surface area contributed by atoms with Gasteiger partial charge in [0, 0.05) is 6.54 Å². The topological polar surface area (TPSA) is 205 Å². The van der Waals surface area contributed by atoms with E-state index in [4.69, 9.17) is 16.6 Å². The number of nitrogens with zero attached hydrogens (tertiary/aromatic N) is 1. The Kier molecular flexibility index (Phi) is 11.3. The van der Waals surface area contributed by atoms with Crippen LogP contribution in [0.25, 0.3) is 0 Å². The molecule has 0 aliphatic carbocycles. The fourth-order valence-corrected chi connectivity index (χ4v) is 4.15. The average molecular weight is 506 g/mol. The van der Waals surface area contributed by atoms with Crippen LogP contribution in [0.3, 0.4) is 0 Å². The zero-order valence-corrected chi connectivity index (χ0v) is 20.1. The first kappa shape index (κ1) is 28.7.